The summed E-state index contributed by atoms with van der Waals surface area (Å²) in [6.07, 6.45) is -0.782. The van der Waals surface area contributed by atoms with Gasteiger partial charge in [-0.1, -0.05) is 20.8 Å². The van der Waals surface area contributed by atoms with Crippen molar-refractivity contribution in [2.45, 2.75) is 26.9 Å². The van der Waals surface area contributed by atoms with Crippen LogP contribution in [-0.2, 0) is 51.8 Å². The molecule has 191 valence electrons. The monoisotopic (exact) mass is 507 g/mol. The quantitative estimate of drug-likeness (QED) is 0.146. The van der Waals surface area contributed by atoms with Crippen molar-refractivity contribution in [2.24, 2.45) is 5.92 Å². The Labute approximate surface area is 203 Å². The van der Waals surface area contributed by atoms with Crippen LogP contribution < -0.4 is 10.6 Å². The van der Waals surface area contributed by atoms with E-state index in [-0.39, 0.29) is 38.3 Å². The summed E-state index contributed by atoms with van der Waals surface area (Å²) in [6.45, 7) is 9.65. The first-order chi connectivity index (χ1) is 14.9. The fraction of sp³-hybridized carbons (Fsp3) is 0.900. The van der Waals surface area contributed by atoms with Gasteiger partial charge in [0.25, 0.3) is 0 Å². The normalized spacial score (nSPS) is 11.2. The smallest absolute Gasteiger partial charge is 0.245 e. The van der Waals surface area contributed by atoms with Crippen LogP contribution in [0.2, 0.25) is 0 Å². The molecule has 0 aliphatic heterocycles. The van der Waals surface area contributed by atoms with Gasteiger partial charge in [0.15, 0.2) is 0 Å². The van der Waals surface area contributed by atoms with Crippen molar-refractivity contribution in [1.29, 1.82) is 0 Å². The molecule has 0 aliphatic rings. The average molecular weight is 507 g/mol. The van der Waals surface area contributed by atoms with E-state index >= 15 is 0 Å². The maximum Gasteiger partial charge on any atom is 0.245 e. The number of rotatable bonds is 21. The summed E-state index contributed by atoms with van der Waals surface area (Å²) < 4.78 is 39.2. The molecule has 1 atom stereocenters. The number of nitrogens with one attached hydrogen (secondary N) is 2. The minimum atomic E-state index is -1.23. The average Bonchev–Trinajstić information content (AvgIpc) is 2.73. The summed E-state index contributed by atoms with van der Waals surface area (Å²) >= 11 is 0. The maximum absolute atomic E-state index is 13.1. The number of hydrogen-bond donors (Lipinski definition) is 3. The van der Waals surface area contributed by atoms with Crippen molar-refractivity contribution >= 4 is 12.3 Å². The van der Waals surface area contributed by atoms with Crippen LogP contribution in [0, 0.1) is 5.92 Å². The van der Waals surface area contributed by atoms with Crippen LogP contribution >= 0.6 is 0 Å². The van der Waals surface area contributed by atoms with E-state index in [9.17, 15) is 14.0 Å². The van der Waals surface area contributed by atoms with E-state index in [2.05, 4.69) is 31.4 Å². The first kappa shape index (κ1) is 35.8. The van der Waals surface area contributed by atoms with E-state index in [1.54, 1.807) is 0 Å². The maximum atomic E-state index is 13.1. The largest absolute Gasteiger partial charge is 0.387 e. The van der Waals surface area contributed by atoms with Crippen molar-refractivity contribution in [3.05, 3.63) is 0 Å². The fourth-order valence-corrected chi connectivity index (χ4v) is 1.64. The molecule has 0 saturated heterocycles. The first-order valence-corrected chi connectivity index (χ1v) is 10.5. The zero-order chi connectivity index (χ0) is 23.6. The predicted molar refractivity (Wildman–Crippen MR) is 114 cm³/mol. The topological polar surface area (TPSA) is 125 Å². The minimum Gasteiger partial charge on any atom is -0.387 e. The molecule has 0 rings (SSSR count). The van der Waals surface area contributed by atoms with Crippen LogP contribution in [0.3, 0.4) is 0 Å². The molecular weight excluding hydrogens is 466 g/mol. The van der Waals surface area contributed by atoms with E-state index in [1.807, 2.05) is 0 Å². The third-order valence-electron chi connectivity index (χ3n) is 2.92. The van der Waals surface area contributed by atoms with Crippen molar-refractivity contribution in [2.75, 3.05) is 85.8 Å². The van der Waals surface area contributed by atoms with E-state index in [0.717, 1.165) is 5.92 Å². The Balaban J connectivity index is -0.00000154. The molecule has 0 heterocycles. The number of carbonyl (C=O) groups excluding carboxylic acids is 2. The number of aliphatic hydroxyl groups excluding tert-OH is 1. The molecule has 10 nitrogen and oxygen atoms in total. The second kappa shape index (κ2) is 30.2. The Bertz CT molecular complexity index is 396. The summed E-state index contributed by atoms with van der Waals surface area (Å²) in [5, 5.41) is 13.2. The number of alkyl halides is 1. The minimum absolute atomic E-state index is 0. The van der Waals surface area contributed by atoms with Crippen LogP contribution in [0.1, 0.15) is 20.8 Å². The summed E-state index contributed by atoms with van der Waals surface area (Å²) in [4.78, 5) is 20.7. The number of hydrogen-bond acceptors (Lipinski definition) is 8. The molecule has 2 amide bonds. The van der Waals surface area contributed by atoms with Gasteiger partial charge in [-0.3, -0.25) is 9.59 Å². The molecule has 0 aromatic rings. The van der Waals surface area contributed by atoms with Gasteiger partial charge in [-0.25, -0.2) is 4.39 Å². The summed E-state index contributed by atoms with van der Waals surface area (Å²) in [5.41, 5.74) is 0. The number of halogens is 1. The number of amides is 2. The predicted octanol–water partition coefficient (Wildman–Crippen LogP) is -0.0782. The molecule has 0 bridgehead atoms. The van der Waals surface area contributed by atoms with Crippen LogP contribution in [0.25, 0.3) is 0 Å². The Morgan fingerprint density at radius 3 is 1.69 bits per heavy atom. The van der Waals surface area contributed by atoms with Gasteiger partial charge in [-0.05, 0) is 5.92 Å². The number of ether oxygens (including phenoxy) is 5. The van der Waals surface area contributed by atoms with Gasteiger partial charge < -0.3 is 39.4 Å². The van der Waals surface area contributed by atoms with Crippen molar-refractivity contribution in [3.8, 4) is 0 Å². The van der Waals surface area contributed by atoms with Gasteiger partial charge in [0.2, 0.25) is 12.3 Å². The molecule has 12 heteroatoms. The standard InChI is InChI=1S/C16H31FN2O8.C4H10.V/c17-15(11-18-14-21)13-27-10-9-26-8-7-25-6-5-24-4-3-23-2-1-19-16(22)12-20;1-4(2)3;/h14-15,20H,1-13H2,(H,18,21)(H,19,22);4H,1-3H3;. The van der Waals surface area contributed by atoms with E-state index in [1.165, 1.54) is 0 Å². The zero-order valence-electron chi connectivity index (χ0n) is 19.6. The molecule has 1 unspecified atom stereocenters. The van der Waals surface area contributed by atoms with Gasteiger partial charge in [-0.2, -0.15) is 0 Å². The molecule has 1 radical (unpaired) electrons. The number of carbonyl (C=O) groups is 2. The van der Waals surface area contributed by atoms with Crippen molar-refractivity contribution in [1.82, 2.24) is 10.6 Å². The second-order valence-electron chi connectivity index (χ2n) is 6.89. The Morgan fingerprint density at radius 1 is 0.875 bits per heavy atom. The fourth-order valence-electron chi connectivity index (χ4n) is 1.64. The molecule has 0 saturated carbocycles. The molecule has 0 fully saturated rings. The van der Waals surface area contributed by atoms with Gasteiger partial charge in [-0.15, -0.1) is 0 Å². The molecule has 0 aliphatic carbocycles. The molecule has 0 aromatic carbocycles. The van der Waals surface area contributed by atoms with Gasteiger partial charge in [0.05, 0.1) is 72.6 Å². The third-order valence-corrected chi connectivity index (χ3v) is 2.92. The molecule has 32 heavy (non-hydrogen) atoms. The Morgan fingerprint density at radius 2 is 1.28 bits per heavy atom. The van der Waals surface area contributed by atoms with Crippen molar-refractivity contribution < 1.29 is 61.3 Å². The van der Waals surface area contributed by atoms with Gasteiger partial charge in [0, 0.05) is 25.1 Å². The van der Waals surface area contributed by atoms with E-state index in [4.69, 9.17) is 28.8 Å². The molecule has 3 N–H and O–H groups in total. The van der Waals surface area contributed by atoms with Gasteiger partial charge >= 0.3 is 0 Å². The van der Waals surface area contributed by atoms with Crippen LogP contribution in [0.4, 0.5) is 4.39 Å². The summed E-state index contributed by atoms with van der Waals surface area (Å²) in [5.74, 6) is 0.403. The molecule has 0 spiro atoms. The van der Waals surface area contributed by atoms with Crippen molar-refractivity contribution in [3.63, 3.8) is 0 Å². The molecule has 0 aromatic heterocycles. The Hall–Kier alpha value is -0.786. The third kappa shape index (κ3) is 36.6. The molecular formula is C20H41FN2O8V. The van der Waals surface area contributed by atoms with Crippen LogP contribution in [0.15, 0.2) is 0 Å². The van der Waals surface area contributed by atoms with Crippen LogP contribution in [0.5, 0.6) is 0 Å². The van der Waals surface area contributed by atoms with E-state index < -0.39 is 18.7 Å². The SMILES string of the molecule is CC(C)C.O=CNCC(F)COCCOCCOCCOCCOCCNC(=O)CO.[V]. The Kier molecular flexibility index (Phi) is 33.8. The van der Waals surface area contributed by atoms with Crippen LogP contribution in [-0.4, -0.2) is 109 Å². The first-order valence-electron chi connectivity index (χ1n) is 10.5. The number of aliphatic hydroxyl groups is 1. The second-order valence-corrected chi connectivity index (χ2v) is 6.89. The van der Waals surface area contributed by atoms with E-state index in [0.29, 0.717) is 65.8 Å². The summed E-state index contributed by atoms with van der Waals surface area (Å²) in [7, 11) is 0. The summed E-state index contributed by atoms with van der Waals surface area (Å²) in [6, 6.07) is 0. The zero-order valence-corrected chi connectivity index (χ0v) is 21.0. The van der Waals surface area contributed by atoms with Gasteiger partial charge in [0.1, 0.15) is 12.8 Å².